The highest BCUT2D eigenvalue weighted by molar-refractivity contribution is 5.76. The standard InChI is InChI=1S/C16H33N3O/c1-15(2,11-12-17)10-7-14(20)18-13-16(19(3)4)8-5-6-9-16/h5-13,17H2,1-4H3,(H,18,20). The van der Waals surface area contributed by atoms with Gasteiger partial charge in [-0.25, -0.2) is 0 Å². The third-order valence-electron chi connectivity index (χ3n) is 4.95. The molecule has 0 aromatic rings. The van der Waals surface area contributed by atoms with Crippen LogP contribution in [0.25, 0.3) is 0 Å². The predicted molar refractivity (Wildman–Crippen MR) is 84.6 cm³/mol. The molecular weight excluding hydrogens is 250 g/mol. The largest absolute Gasteiger partial charge is 0.354 e. The summed E-state index contributed by atoms with van der Waals surface area (Å²) >= 11 is 0. The minimum Gasteiger partial charge on any atom is -0.354 e. The van der Waals surface area contributed by atoms with E-state index in [2.05, 4.69) is 38.2 Å². The van der Waals surface area contributed by atoms with Crippen molar-refractivity contribution in [3.63, 3.8) is 0 Å². The Hall–Kier alpha value is -0.610. The Labute approximate surface area is 124 Å². The van der Waals surface area contributed by atoms with Gasteiger partial charge in [0.05, 0.1) is 0 Å². The highest BCUT2D eigenvalue weighted by Crippen LogP contribution is 2.33. The second-order valence-corrected chi connectivity index (χ2v) is 7.31. The van der Waals surface area contributed by atoms with E-state index >= 15 is 0 Å². The number of carbonyl (C=O) groups excluding carboxylic acids is 1. The van der Waals surface area contributed by atoms with Gasteiger partial charge in [0, 0.05) is 18.5 Å². The quantitative estimate of drug-likeness (QED) is 0.717. The van der Waals surface area contributed by atoms with Crippen LogP contribution < -0.4 is 11.1 Å². The van der Waals surface area contributed by atoms with Gasteiger partial charge in [-0.2, -0.15) is 0 Å². The first-order valence-corrected chi connectivity index (χ1v) is 7.96. The lowest BCUT2D eigenvalue weighted by Gasteiger charge is -2.36. The Morgan fingerprint density at radius 1 is 1.25 bits per heavy atom. The Kier molecular flexibility index (Phi) is 6.46. The molecule has 0 aliphatic heterocycles. The molecule has 118 valence electrons. The molecule has 1 aliphatic rings. The number of rotatable bonds is 8. The first kappa shape index (κ1) is 17.4. The molecule has 4 heteroatoms. The number of nitrogens with one attached hydrogen (secondary N) is 1. The number of amides is 1. The van der Waals surface area contributed by atoms with E-state index in [-0.39, 0.29) is 16.9 Å². The van der Waals surface area contributed by atoms with Crippen molar-refractivity contribution in [3.8, 4) is 0 Å². The maximum absolute atomic E-state index is 12.1. The molecule has 1 rings (SSSR count). The van der Waals surface area contributed by atoms with Gasteiger partial charge in [0.2, 0.25) is 5.91 Å². The Morgan fingerprint density at radius 2 is 1.85 bits per heavy atom. The van der Waals surface area contributed by atoms with Crippen molar-refractivity contribution in [1.82, 2.24) is 10.2 Å². The van der Waals surface area contributed by atoms with Crippen LogP contribution in [-0.4, -0.2) is 43.5 Å². The van der Waals surface area contributed by atoms with Crippen LogP contribution in [0, 0.1) is 5.41 Å². The van der Waals surface area contributed by atoms with E-state index in [1.54, 1.807) is 0 Å². The van der Waals surface area contributed by atoms with Gasteiger partial charge in [-0.3, -0.25) is 4.79 Å². The van der Waals surface area contributed by atoms with Crippen LogP contribution in [0.4, 0.5) is 0 Å². The summed E-state index contributed by atoms with van der Waals surface area (Å²) in [5.41, 5.74) is 5.96. The van der Waals surface area contributed by atoms with Crippen molar-refractivity contribution in [3.05, 3.63) is 0 Å². The summed E-state index contributed by atoms with van der Waals surface area (Å²) in [4.78, 5) is 14.3. The van der Waals surface area contributed by atoms with Gasteiger partial charge in [-0.15, -0.1) is 0 Å². The van der Waals surface area contributed by atoms with Crippen molar-refractivity contribution < 1.29 is 4.79 Å². The van der Waals surface area contributed by atoms with Crippen LogP contribution in [0.5, 0.6) is 0 Å². The van der Waals surface area contributed by atoms with Crippen LogP contribution >= 0.6 is 0 Å². The Bertz CT molecular complexity index is 307. The van der Waals surface area contributed by atoms with Crippen LogP contribution in [0.1, 0.15) is 58.8 Å². The van der Waals surface area contributed by atoms with Crippen LogP contribution in [-0.2, 0) is 4.79 Å². The average molecular weight is 283 g/mol. The SMILES string of the molecule is CN(C)C1(CNC(=O)CCC(C)(C)CCN)CCCC1. The van der Waals surface area contributed by atoms with E-state index in [0.717, 1.165) is 19.4 Å². The summed E-state index contributed by atoms with van der Waals surface area (Å²) in [6, 6.07) is 0. The number of likely N-dealkylation sites (N-methyl/N-ethyl adjacent to an activating group) is 1. The zero-order valence-corrected chi connectivity index (χ0v) is 13.8. The molecule has 0 spiro atoms. The van der Waals surface area contributed by atoms with E-state index in [4.69, 9.17) is 5.73 Å². The lowest BCUT2D eigenvalue weighted by atomic mass is 9.84. The lowest BCUT2D eigenvalue weighted by molar-refractivity contribution is -0.122. The highest BCUT2D eigenvalue weighted by atomic mass is 16.1. The van der Waals surface area contributed by atoms with Crippen molar-refractivity contribution in [2.45, 2.75) is 64.3 Å². The number of hydrogen-bond acceptors (Lipinski definition) is 3. The zero-order chi connectivity index (χ0) is 15.2. The van der Waals surface area contributed by atoms with Gasteiger partial charge in [-0.1, -0.05) is 26.7 Å². The second-order valence-electron chi connectivity index (χ2n) is 7.31. The van der Waals surface area contributed by atoms with Gasteiger partial charge >= 0.3 is 0 Å². The van der Waals surface area contributed by atoms with Crippen molar-refractivity contribution in [1.29, 1.82) is 0 Å². The molecule has 20 heavy (non-hydrogen) atoms. The molecule has 3 N–H and O–H groups in total. The van der Waals surface area contributed by atoms with E-state index < -0.39 is 0 Å². The van der Waals surface area contributed by atoms with Crippen LogP contribution in [0.2, 0.25) is 0 Å². The summed E-state index contributed by atoms with van der Waals surface area (Å²) in [6.07, 6.45) is 7.43. The third-order valence-corrected chi connectivity index (χ3v) is 4.95. The molecule has 4 nitrogen and oxygen atoms in total. The highest BCUT2D eigenvalue weighted by Gasteiger charge is 2.36. The minimum absolute atomic E-state index is 0.165. The van der Waals surface area contributed by atoms with Crippen molar-refractivity contribution in [2.75, 3.05) is 27.2 Å². The normalized spacial score (nSPS) is 18.5. The molecule has 1 fully saturated rings. The molecule has 1 saturated carbocycles. The molecule has 0 atom stereocenters. The molecule has 1 aliphatic carbocycles. The van der Waals surface area contributed by atoms with Crippen LogP contribution in [0.15, 0.2) is 0 Å². The molecule has 1 amide bonds. The summed E-state index contributed by atoms with van der Waals surface area (Å²) in [7, 11) is 4.25. The maximum atomic E-state index is 12.1. The Morgan fingerprint density at radius 3 is 2.35 bits per heavy atom. The molecule has 0 aromatic carbocycles. The van der Waals surface area contributed by atoms with Gasteiger partial charge in [-0.05, 0) is 51.7 Å². The van der Waals surface area contributed by atoms with Crippen molar-refractivity contribution >= 4 is 5.91 Å². The lowest BCUT2D eigenvalue weighted by Crippen LogP contribution is -2.50. The topological polar surface area (TPSA) is 58.4 Å². The Balaban J connectivity index is 2.36. The fourth-order valence-electron chi connectivity index (χ4n) is 3.13. The maximum Gasteiger partial charge on any atom is 0.220 e. The summed E-state index contributed by atoms with van der Waals surface area (Å²) in [5, 5.41) is 3.15. The van der Waals surface area contributed by atoms with Crippen molar-refractivity contribution in [2.24, 2.45) is 11.1 Å². The molecule has 0 aromatic heterocycles. The van der Waals surface area contributed by atoms with Gasteiger partial charge < -0.3 is 16.0 Å². The second kappa shape index (κ2) is 7.41. The van der Waals surface area contributed by atoms with Gasteiger partial charge in [0.1, 0.15) is 0 Å². The first-order valence-electron chi connectivity index (χ1n) is 7.96. The first-order chi connectivity index (χ1) is 9.31. The number of hydrogen-bond donors (Lipinski definition) is 2. The minimum atomic E-state index is 0.165. The average Bonchev–Trinajstić information content (AvgIpc) is 2.84. The van der Waals surface area contributed by atoms with E-state index in [9.17, 15) is 4.79 Å². The van der Waals surface area contributed by atoms with E-state index in [1.807, 2.05) is 0 Å². The molecule has 0 radical (unpaired) electrons. The fraction of sp³-hybridized carbons (Fsp3) is 0.938. The number of nitrogens with two attached hydrogens (primary N) is 1. The molecule has 0 saturated heterocycles. The summed E-state index contributed by atoms with van der Waals surface area (Å²) in [6.45, 7) is 5.85. The van der Waals surface area contributed by atoms with Gasteiger partial charge in [0.15, 0.2) is 0 Å². The fourth-order valence-corrected chi connectivity index (χ4v) is 3.13. The number of nitrogens with zero attached hydrogens (tertiary/aromatic N) is 1. The summed E-state index contributed by atoms with van der Waals surface area (Å²) < 4.78 is 0. The molecule has 0 heterocycles. The number of carbonyl (C=O) groups is 1. The van der Waals surface area contributed by atoms with Gasteiger partial charge in [0.25, 0.3) is 0 Å². The van der Waals surface area contributed by atoms with E-state index in [1.165, 1.54) is 25.7 Å². The molecular formula is C16H33N3O. The van der Waals surface area contributed by atoms with Crippen LogP contribution in [0.3, 0.4) is 0 Å². The molecule has 0 bridgehead atoms. The van der Waals surface area contributed by atoms with E-state index in [0.29, 0.717) is 13.0 Å². The molecule has 0 unspecified atom stereocenters. The third kappa shape index (κ3) is 5.06. The smallest absolute Gasteiger partial charge is 0.220 e. The predicted octanol–water partition coefficient (Wildman–Crippen LogP) is 2.13. The monoisotopic (exact) mass is 283 g/mol. The zero-order valence-electron chi connectivity index (χ0n) is 13.8. The summed E-state index contributed by atoms with van der Waals surface area (Å²) in [5.74, 6) is 0.184.